The first-order valence-corrected chi connectivity index (χ1v) is 6.49. The molecular formula is C6H9As. The van der Waals surface area contributed by atoms with Crippen LogP contribution < -0.4 is 0 Å². The zero-order valence-electron chi connectivity index (χ0n) is 4.46. The van der Waals surface area contributed by atoms with Crippen LogP contribution in [0.25, 0.3) is 0 Å². The van der Waals surface area contributed by atoms with Gasteiger partial charge in [0, 0.05) is 0 Å². The van der Waals surface area contributed by atoms with E-state index in [-0.39, 0.29) is 0 Å². The van der Waals surface area contributed by atoms with E-state index in [0.717, 1.165) is 0 Å². The van der Waals surface area contributed by atoms with E-state index in [9.17, 15) is 0 Å². The van der Waals surface area contributed by atoms with Crippen LogP contribution in [0.2, 0.25) is 5.71 Å². The van der Waals surface area contributed by atoms with E-state index in [0.29, 0.717) is 0 Å². The normalized spacial score (nSPS) is 20.7. The van der Waals surface area contributed by atoms with Crippen LogP contribution in [0.5, 0.6) is 0 Å². The number of hydrogen-bond acceptors (Lipinski definition) is 0. The third kappa shape index (κ3) is 1.52. The van der Waals surface area contributed by atoms with Crippen LogP contribution in [-0.2, 0) is 0 Å². The van der Waals surface area contributed by atoms with Crippen LogP contribution in [0.4, 0.5) is 0 Å². The molecule has 0 nitrogen and oxygen atoms in total. The van der Waals surface area contributed by atoms with Crippen molar-refractivity contribution in [1.29, 1.82) is 0 Å². The second-order valence-electron chi connectivity index (χ2n) is 1.67. The van der Waals surface area contributed by atoms with Crippen LogP contribution >= 0.6 is 0 Å². The average Bonchev–Trinajstić information content (AvgIpc) is 1.69. The van der Waals surface area contributed by atoms with E-state index in [1.54, 1.807) is 0 Å². The summed E-state index contributed by atoms with van der Waals surface area (Å²) in [5.74, 6) is 0. The summed E-state index contributed by atoms with van der Waals surface area (Å²) in [6, 6.07) is 0. The Morgan fingerprint density at radius 3 is 2.14 bits per heavy atom. The summed E-state index contributed by atoms with van der Waals surface area (Å²) in [4.78, 5) is 4.74. The van der Waals surface area contributed by atoms with Crippen LogP contribution in [0.3, 0.4) is 0 Å². The van der Waals surface area contributed by atoms with E-state index in [2.05, 4.69) is 27.6 Å². The Balaban J connectivity index is 2.49. The van der Waals surface area contributed by atoms with Crippen molar-refractivity contribution in [2.24, 2.45) is 0 Å². The summed E-state index contributed by atoms with van der Waals surface area (Å²) in [6.07, 6.45) is 5.69. The van der Waals surface area contributed by atoms with Gasteiger partial charge in [0.05, 0.1) is 0 Å². The molecule has 1 heterocycles. The molecule has 1 aliphatic rings. The molecule has 0 radical (unpaired) electrons. The molecule has 1 aliphatic heterocycles. The number of hydrogen-bond donors (Lipinski definition) is 0. The van der Waals surface area contributed by atoms with Crippen molar-refractivity contribution in [3.05, 3.63) is 21.9 Å². The third-order valence-electron chi connectivity index (χ3n) is 0.953. The standard InChI is InChI=1S/C6H9As/c1-7-5-3-2-4-6-7/h3-6H,2H2,1H3. The van der Waals surface area contributed by atoms with Crippen LogP contribution in [0.1, 0.15) is 6.42 Å². The zero-order valence-corrected chi connectivity index (χ0v) is 6.34. The molecule has 0 aromatic rings. The third-order valence-corrected chi connectivity index (χ3v) is 3.81. The molecule has 0 aliphatic carbocycles. The van der Waals surface area contributed by atoms with Crippen LogP contribution in [0.15, 0.2) is 21.9 Å². The number of allylic oxidation sites excluding steroid dienone is 2. The van der Waals surface area contributed by atoms with Gasteiger partial charge in [0.1, 0.15) is 0 Å². The Bertz CT molecular complexity index is 90.7. The van der Waals surface area contributed by atoms with Crippen molar-refractivity contribution < 1.29 is 0 Å². The van der Waals surface area contributed by atoms with Gasteiger partial charge in [-0.25, -0.2) is 0 Å². The Kier molecular flexibility index (Phi) is 1.76. The summed E-state index contributed by atoms with van der Waals surface area (Å²) in [7, 11) is 0. The van der Waals surface area contributed by atoms with Crippen molar-refractivity contribution in [3.8, 4) is 0 Å². The molecule has 38 valence electrons. The Morgan fingerprint density at radius 1 is 1.29 bits per heavy atom. The van der Waals surface area contributed by atoms with Crippen LogP contribution in [0, 0.1) is 0 Å². The quantitative estimate of drug-likeness (QED) is 0.468. The monoisotopic (exact) mass is 156 g/mol. The molecule has 0 saturated heterocycles. The van der Waals surface area contributed by atoms with Gasteiger partial charge in [-0.05, 0) is 0 Å². The maximum absolute atomic E-state index is 2.37. The second-order valence-corrected chi connectivity index (χ2v) is 5.71. The van der Waals surface area contributed by atoms with Gasteiger partial charge in [-0.1, -0.05) is 0 Å². The predicted octanol–water partition coefficient (Wildman–Crippen LogP) is 1.71. The van der Waals surface area contributed by atoms with Gasteiger partial charge in [-0.15, -0.1) is 0 Å². The Labute approximate surface area is 49.2 Å². The Morgan fingerprint density at radius 2 is 1.86 bits per heavy atom. The van der Waals surface area contributed by atoms with Crippen LogP contribution in [-0.4, -0.2) is 14.7 Å². The van der Waals surface area contributed by atoms with Crippen molar-refractivity contribution >= 4 is 14.7 Å². The molecule has 7 heavy (non-hydrogen) atoms. The summed E-state index contributed by atoms with van der Waals surface area (Å²) in [5.41, 5.74) is 2.33. The number of rotatable bonds is 0. The maximum atomic E-state index is 2.37. The molecule has 0 atom stereocenters. The molecule has 0 spiro atoms. The van der Waals surface area contributed by atoms with Gasteiger partial charge in [0.25, 0.3) is 0 Å². The molecule has 0 unspecified atom stereocenters. The minimum atomic E-state index is -0.512. The predicted molar refractivity (Wildman–Crippen MR) is 34.5 cm³/mol. The van der Waals surface area contributed by atoms with Crippen molar-refractivity contribution in [2.75, 3.05) is 0 Å². The van der Waals surface area contributed by atoms with Crippen molar-refractivity contribution in [3.63, 3.8) is 0 Å². The molecule has 0 aromatic carbocycles. The van der Waals surface area contributed by atoms with E-state index in [4.69, 9.17) is 0 Å². The van der Waals surface area contributed by atoms with E-state index < -0.39 is 14.7 Å². The van der Waals surface area contributed by atoms with Gasteiger partial charge < -0.3 is 0 Å². The fraction of sp³-hybridized carbons (Fsp3) is 0.333. The van der Waals surface area contributed by atoms with Gasteiger partial charge >= 0.3 is 48.7 Å². The average molecular weight is 156 g/mol. The van der Waals surface area contributed by atoms with Gasteiger partial charge in [-0.3, -0.25) is 0 Å². The van der Waals surface area contributed by atoms with Gasteiger partial charge in [-0.2, -0.15) is 0 Å². The minimum absolute atomic E-state index is 0.512. The Hall–Kier alpha value is 0.0384. The topological polar surface area (TPSA) is 0 Å². The first-order valence-electron chi connectivity index (χ1n) is 2.45. The SMILES string of the molecule is C[As]1C=CCC=C1. The summed E-state index contributed by atoms with van der Waals surface area (Å²) >= 11 is -0.512. The molecule has 0 N–H and O–H groups in total. The molecule has 0 bridgehead atoms. The zero-order chi connectivity index (χ0) is 5.11. The summed E-state index contributed by atoms with van der Waals surface area (Å²) in [5, 5.41) is 0. The van der Waals surface area contributed by atoms with Gasteiger partial charge in [0.2, 0.25) is 0 Å². The molecule has 0 fully saturated rings. The van der Waals surface area contributed by atoms with E-state index >= 15 is 0 Å². The fourth-order valence-electron chi connectivity index (χ4n) is 0.583. The van der Waals surface area contributed by atoms with Crippen molar-refractivity contribution in [2.45, 2.75) is 12.1 Å². The molecule has 0 saturated carbocycles. The molecule has 1 rings (SSSR count). The van der Waals surface area contributed by atoms with Crippen molar-refractivity contribution in [1.82, 2.24) is 0 Å². The molecule has 0 aromatic heterocycles. The van der Waals surface area contributed by atoms with E-state index in [1.807, 2.05) is 0 Å². The summed E-state index contributed by atoms with van der Waals surface area (Å²) in [6.45, 7) is 0. The first-order chi connectivity index (χ1) is 3.39. The first kappa shape index (κ1) is 5.18. The molecule has 0 amide bonds. The summed E-state index contributed by atoms with van der Waals surface area (Å²) < 4.78 is 0. The molecule has 1 heteroatoms. The second kappa shape index (κ2) is 2.37. The van der Waals surface area contributed by atoms with E-state index in [1.165, 1.54) is 6.42 Å². The fourth-order valence-corrected chi connectivity index (χ4v) is 2.70. The van der Waals surface area contributed by atoms with Gasteiger partial charge in [0.15, 0.2) is 0 Å². The molecular weight excluding hydrogens is 147 g/mol.